The first-order chi connectivity index (χ1) is 9.34. The molecule has 1 fully saturated rings. The molecule has 0 atom stereocenters. The van der Waals surface area contributed by atoms with E-state index in [0.29, 0.717) is 6.04 Å². The van der Waals surface area contributed by atoms with Crippen LogP contribution in [0.5, 0.6) is 0 Å². The highest BCUT2D eigenvalue weighted by Gasteiger charge is 2.28. The lowest BCUT2D eigenvalue weighted by Gasteiger charge is -2.09. The number of nitrogen functional groups attached to an aromatic ring is 1. The van der Waals surface area contributed by atoms with E-state index in [0.717, 1.165) is 22.6 Å². The van der Waals surface area contributed by atoms with Crippen LogP contribution in [0.2, 0.25) is 0 Å². The van der Waals surface area contributed by atoms with Gasteiger partial charge in [0.2, 0.25) is 0 Å². The van der Waals surface area contributed by atoms with Gasteiger partial charge in [-0.05, 0) is 37.1 Å². The Labute approximate surface area is 111 Å². The van der Waals surface area contributed by atoms with Gasteiger partial charge in [-0.1, -0.05) is 24.3 Å². The highest BCUT2D eigenvalue weighted by Crippen LogP contribution is 2.41. The maximum absolute atomic E-state index is 6.11. The summed E-state index contributed by atoms with van der Waals surface area (Å²) in [7, 11) is 0. The molecule has 0 amide bonds. The van der Waals surface area contributed by atoms with Crippen LogP contribution >= 0.6 is 0 Å². The van der Waals surface area contributed by atoms with Gasteiger partial charge in [0.05, 0.1) is 11.0 Å². The Morgan fingerprint density at radius 2 is 1.74 bits per heavy atom. The Kier molecular flexibility index (Phi) is 2.15. The van der Waals surface area contributed by atoms with Gasteiger partial charge < -0.3 is 10.3 Å². The van der Waals surface area contributed by atoms with Crippen molar-refractivity contribution in [2.75, 3.05) is 5.73 Å². The van der Waals surface area contributed by atoms with Crippen LogP contribution in [0.4, 0.5) is 5.69 Å². The summed E-state index contributed by atoms with van der Waals surface area (Å²) < 4.78 is 2.35. The first-order valence-corrected chi connectivity index (χ1v) is 6.66. The third-order valence-electron chi connectivity index (χ3n) is 3.71. The van der Waals surface area contributed by atoms with E-state index >= 15 is 0 Å². The van der Waals surface area contributed by atoms with E-state index in [2.05, 4.69) is 28.8 Å². The average molecular weight is 249 g/mol. The van der Waals surface area contributed by atoms with Crippen LogP contribution in [-0.4, -0.2) is 9.55 Å². The molecule has 94 valence electrons. The second-order valence-corrected chi connectivity index (χ2v) is 5.11. The largest absolute Gasteiger partial charge is 0.398 e. The summed E-state index contributed by atoms with van der Waals surface area (Å²) in [4.78, 5) is 4.79. The molecule has 0 radical (unpaired) electrons. The van der Waals surface area contributed by atoms with Gasteiger partial charge in [0.25, 0.3) is 0 Å². The first-order valence-electron chi connectivity index (χ1n) is 6.66. The molecule has 1 aromatic heterocycles. The number of para-hydroxylation sites is 3. The van der Waals surface area contributed by atoms with Crippen molar-refractivity contribution >= 4 is 16.7 Å². The number of anilines is 1. The molecule has 0 aliphatic heterocycles. The molecular formula is C16H15N3. The fraction of sp³-hybridized carbons (Fsp3) is 0.188. The number of hydrogen-bond donors (Lipinski definition) is 1. The first kappa shape index (κ1) is 10.6. The van der Waals surface area contributed by atoms with Crippen LogP contribution in [0.3, 0.4) is 0 Å². The Morgan fingerprint density at radius 1 is 1.00 bits per heavy atom. The molecule has 3 nitrogen and oxygen atoms in total. The van der Waals surface area contributed by atoms with Crippen LogP contribution < -0.4 is 5.73 Å². The van der Waals surface area contributed by atoms with Gasteiger partial charge in [-0.25, -0.2) is 4.98 Å². The van der Waals surface area contributed by atoms with Crippen LogP contribution in [0.25, 0.3) is 22.4 Å². The number of fused-ring (bicyclic) bond motifs is 1. The molecule has 1 aliphatic carbocycles. The normalized spacial score (nSPS) is 14.9. The second kappa shape index (κ2) is 3.85. The van der Waals surface area contributed by atoms with Gasteiger partial charge in [-0.3, -0.25) is 0 Å². The Bertz CT molecular complexity index is 754. The lowest BCUT2D eigenvalue weighted by molar-refractivity contribution is 0.775. The summed E-state index contributed by atoms with van der Waals surface area (Å²) in [6.07, 6.45) is 2.47. The van der Waals surface area contributed by atoms with E-state index in [1.165, 1.54) is 18.4 Å². The minimum absolute atomic E-state index is 0.585. The molecule has 1 aliphatic rings. The number of benzene rings is 2. The molecule has 0 spiro atoms. The van der Waals surface area contributed by atoms with Gasteiger partial charge in [0.15, 0.2) is 0 Å². The molecule has 1 saturated carbocycles. The van der Waals surface area contributed by atoms with E-state index in [1.54, 1.807) is 0 Å². The van der Waals surface area contributed by atoms with Crippen molar-refractivity contribution in [3.8, 4) is 11.4 Å². The number of nitrogens with zero attached hydrogens (tertiary/aromatic N) is 2. The lowest BCUT2D eigenvalue weighted by atomic mass is 10.1. The minimum Gasteiger partial charge on any atom is -0.398 e. The molecule has 19 heavy (non-hydrogen) atoms. The van der Waals surface area contributed by atoms with Gasteiger partial charge in [0, 0.05) is 17.3 Å². The van der Waals surface area contributed by atoms with E-state index in [1.807, 2.05) is 24.3 Å². The third kappa shape index (κ3) is 1.62. The highest BCUT2D eigenvalue weighted by molar-refractivity contribution is 5.83. The highest BCUT2D eigenvalue weighted by atomic mass is 15.1. The zero-order valence-electron chi connectivity index (χ0n) is 10.6. The summed E-state index contributed by atoms with van der Waals surface area (Å²) >= 11 is 0. The van der Waals surface area contributed by atoms with E-state index in [-0.39, 0.29) is 0 Å². The molecule has 4 rings (SSSR count). The van der Waals surface area contributed by atoms with Crippen molar-refractivity contribution in [1.82, 2.24) is 9.55 Å². The fourth-order valence-corrected chi connectivity index (χ4v) is 2.64. The van der Waals surface area contributed by atoms with Crippen molar-refractivity contribution < 1.29 is 0 Å². The number of hydrogen-bond acceptors (Lipinski definition) is 2. The fourth-order valence-electron chi connectivity index (χ4n) is 2.64. The maximum atomic E-state index is 6.11. The molecule has 2 aromatic carbocycles. The van der Waals surface area contributed by atoms with Gasteiger partial charge in [0.1, 0.15) is 5.82 Å². The van der Waals surface area contributed by atoms with Crippen molar-refractivity contribution in [3.63, 3.8) is 0 Å². The Hall–Kier alpha value is -2.29. The SMILES string of the molecule is Nc1ccccc1-c1nc2ccccc2n1C1CC1. The van der Waals surface area contributed by atoms with E-state index in [4.69, 9.17) is 10.7 Å². The maximum Gasteiger partial charge on any atom is 0.143 e. The molecule has 0 unspecified atom stereocenters. The molecule has 2 N–H and O–H groups in total. The van der Waals surface area contributed by atoms with Crippen molar-refractivity contribution in [1.29, 1.82) is 0 Å². The quantitative estimate of drug-likeness (QED) is 0.705. The molecular weight excluding hydrogens is 234 g/mol. The summed E-state index contributed by atoms with van der Waals surface area (Å²) in [5.74, 6) is 1.00. The van der Waals surface area contributed by atoms with E-state index < -0.39 is 0 Å². The average Bonchev–Trinajstić information content (AvgIpc) is 3.19. The minimum atomic E-state index is 0.585. The van der Waals surface area contributed by atoms with Crippen molar-refractivity contribution in [2.45, 2.75) is 18.9 Å². The topological polar surface area (TPSA) is 43.8 Å². The smallest absolute Gasteiger partial charge is 0.143 e. The predicted molar refractivity (Wildman–Crippen MR) is 77.9 cm³/mol. The van der Waals surface area contributed by atoms with Crippen LogP contribution in [0.1, 0.15) is 18.9 Å². The standard InChI is InChI=1S/C16H15N3/c17-13-6-2-1-5-12(13)16-18-14-7-3-4-8-15(14)19(16)11-9-10-11/h1-8,11H,9-10,17H2. The van der Waals surface area contributed by atoms with Crippen LogP contribution in [0, 0.1) is 0 Å². The molecule has 0 bridgehead atoms. The molecule has 3 heteroatoms. The number of nitrogens with two attached hydrogens (primary N) is 1. The summed E-state index contributed by atoms with van der Waals surface area (Å²) in [6, 6.07) is 16.9. The number of imidazole rings is 1. The van der Waals surface area contributed by atoms with Gasteiger partial charge in [-0.2, -0.15) is 0 Å². The lowest BCUT2D eigenvalue weighted by Crippen LogP contribution is -1.99. The predicted octanol–water partition coefficient (Wildman–Crippen LogP) is 3.62. The summed E-state index contributed by atoms with van der Waals surface area (Å²) in [6.45, 7) is 0. The zero-order chi connectivity index (χ0) is 12.8. The van der Waals surface area contributed by atoms with Crippen molar-refractivity contribution in [2.24, 2.45) is 0 Å². The number of aromatic nitrogens is 2. The Morgan fingerprint density at radius 3 is 2.53 bits per heavy atom. The zero-order valence-corrected chi connectivity index (χ0v) is 10.6. The summed E-state index contributed by atoms with van der Waals surface area (Å²) in [5.41, 5.74) is 10.2. The van der Waals surface area contributed by atoms with Crippen molar-refractivity contribution in [3.05, 3.63) is 48.5 Å². The van der Waals surface area contributed by atoms with Crippen LogP contribution in [-0.2, 0) is 0 Å². The Balaban J connectivity index is 2.04. The molecule has 3 aromatic rings. The van der Waals surface area contributed by atoms with Gasteiger partial charge in [-0.15, -0.1) is 0 Å². The van der Waals surface area contributed by atoms with E-state index in [9.17, 15) is 0 Å². The van der Waals surface area contributed by atoms with Crippen LogP contribution in [0.15, 0.2) is 48.5 Å². The molecule has 0 saturated heterocycles. The number of rotatable bonds is 2. The second-order valence-electron chi connectivity index (χ2n) is 5.11. The summed E-state index contributed by atoms with van der Waals surface area (Å²) in [5, 5.41) is 0. The monoisotopic (exact) mass is 249 g/mol. The molecule has 1 heterocycles. The van der Waals surface area contributed by atoms with Gasteiger partial charge >= 0.3 is 0 Å². The third-order valence-corrected chi connectivity index (χ3v) is 3.71.